The maximum absolute atomic E-state index is 4.94. The normalized spacial score (nSPS) is 19.7. The van der Waals surface area contributed by atoms with Crippen LogP contribution in [-0.4, -0.2) is 48.6 Å². The summed E-state index contributed by atoms with van der Waals surface area (Å²) in [4.78, 5) is 8.75. The summed E-state index contributed by atoms with van der Waals surface area (Å²) in [5.41, 5.74) is 4.01. The summed E-state index contributed by atoms with van der Waals surface area (Å²) in [6.07, 6.45) is 8.76. The molecule has 164 valence electrons. The minimum absolute atomic E-state index is 0. The summed E-state index contributed by atoms with van der Waals surface area (Å²) < 4.78 is 2.51. The molecule has 2 saturated heterocycles. The van der Waals surface area contributed by atoms with Gasteiger partial charge in [0.25, 0.3) is 0 Å². The summed E-state index contributed by atoms with van der Waals surface area (Å²) in [5, 5.41) is 3.45. The highest BCUT2D eigenvalue weighted by atomic mass is 35.5. The molecular weight excluding hydrogens is 435 g/mol. The highest BCUT2D eigenvalue weighted by molar-refractivity contribution is 7.97. The molecular formula is C23H32Cl2N4S. The van der Waals surface area contributed by atoms with Crippen molar-refractivity contribution in [2.24, 2.45) is 0 Å². The van der Waals surface area contributed by atoms with E-state index in [0.29, 0.717) is 5.92 Å². The molecule has 3 fully saturated rings. The lowest BCUT2D eigenvalue weighted by molar-refractivity contribution is 0.380. The Morgan fingerprint density at radius 3 is 2.23 bits per heavy atom. The van der Waals surface area contributed by atoms with E-state index in [4.69, 9.17) is 4.98 Å². The van der Waals surface area contributed by atoms with Gasteiger partial charge in [0, 0.05) is 55.9 Å². The lowest BCUT2D eigenvalue weighted by Crippen LogP contribution is -2.44. The van der Waals surface area contributed by atoms with E-state index in [2.05, 4.69) is 51.1 Å². The van der Waals surface area contributed by atoms with Gasteiger partial charge in [-0.05, 0) is 72.9 Å². The Kier molecular flexibility index (Phi) is 8.72. The Morgan fingerprint density at radius 2 is 1.57 bits per heavy atom. The lowest BCUT2D eigenvalue weighted by Gasteiger charge is -2.30. The first kappa shape index (κ1) is 23.7. The van der Waals surface area contributed by atoms with Crippen LogP contribution in [-0.2, 0) is 0 Å². The largest absolute Gasteiger partial charge is 0.354 e. The van der Waals surface area contributed by atoms with Crippen LogP contribution in [0.5, 0.6) is 0 Å². The van der Waals surface area contributed by atoms with Crippen LogP contribution in [0.1, 0.15) is 43.6 Å². The molecule has 1 aliphatic carbocycles. The molecule has 7 heteroatoms. The monoisotopic (exact) mass is 466 g/mol. The molecule has 30 heavy (non-hydrogen) atoms. The van der Waals surface area contributed by atoms with Crippen molar-refractivity contribution in [3.8, 4) is 11.1 Å². The first-order valence-corrected chi connectivity index (χ1v) is 11.6. The first-order chi connectivity index (χ1) is 13.9. The van der Waals surface area contributed by atoms with Crippen LogP contribution in [0, 0.1) is 0 Å². The van der Waals surface area contributed by atoms with E-state index in [1.54, 1.807) is 0 Å². The molecule has 2 aromatic rings. The standard InChI is InChI=1S/C23H30N4S.2ClH/c1-2-12-27(13-3-1)28-21-8-6-18(7-9-21)20-16-22(19-4-5-19)23(25-17-20)26-14-10-24-11-15-26;;/h6-9,16-17,19,24H,1-5,10-15H2;2*1H. The molecule has 0 unspecified atom stereocenters. The maximum Gasteiger partial charge on any atom is 0.132 e. The maximum atomic E-state index is 4.94. The van der Waals surface area contributed by atoms with Crippen LogP contribution in [0.15, 0.2) is 41.4 Å². The van der Waals surface area contributed by atoms with Gasteiger partial charge in [-0.3, -0.25) is 0 Å². The summed E-state index contributed by atoms with van der Waals surface area (Å²) in [7, 11) is 0. The Balaban J connectivity index is 0.00000128. The fourth-order valence-electron chi connectivity index (χ4n) is 4.28. The Labute approximate surface area is 197 Å². The van der Waals surface area contributed by atoms with Crippen LogP contribution in [0.4, 0.5) is 5.82 Å². The number of aromatic nitrogens is 1. The highest BCUT2D eigenvalue weighted by Gasteiger charge is 2.29. The van der Waals surface area contributed by atoms with Gasteiger partial charge in [0.1, 0.15) is 5.82 Å². The molecule has 4 nitrogen and oxygen atoms in total. The molecule has 0 atom stereocenters. The molecule has 0 spiro atoms. The molecule has 5 rings (SSSR count). The predicted molar refractivity (Wildman–Crippen MR) is 133 cm³/mol. The Hall–Kier alpha value is -0.980. The fraction of sp³-hybridized carbons (Fsp3) is 0.522. The minimum Gasteiger partial charge on any atom is -0.354 e. The molecule has 0 bridgehead atoms. The number of nitrogens with zero attached hydrogens (tertiary/aromatic N) is 3. The van der Waals surface area contributed by atoms with Gasteiger partial charge in [-0.1, -0.05) is 18.6 Å². The van der Waals surface area contributed by atoms with Gasteiger partial charge in [-0.25, -0.2) is 9.29 Å². The first-order valence-electron chi connectivity index (χ1n) is 10.9. The zero-order valence-electron chi connectivity index (χ0n) is 17.4. The van der Waals surface area contributed by atoms with E-state index in [0.717, 1.165) is 26.2 Å². The zero-order valence-corrected chi connectivity index (χ0v) is 19.8. The van der Waals surface area contributed by atoms with Gasteiger partial charge >= 0.3 is 0 Å². The summed E-state index contributed by atoms with van der Waals surface area (Å²) in [6, 6.07) is 11.5. The van der Waals surface area contributed by atoms with Crippen LogP contribution in [0.3, 0.4) is 0 Å². The van der Waals surface area contributed by atoms with Crippen molar-refractivity contribution >= 4 is 42.6 Å². The van der Waals surface area contributed by atoms with Gasteiger partial charge in [-0.15, -0.1) is 24.8 Å². The zero-order chi connectivity index (χ0) is 18.8. The Bertz CT molecular complexity index is 801. The quantitative estimate of drug-likeness (QED) is 0.598. The SMILES string of the molecule is Cl.Cl.c1cc(-c2cnc(N3CCNCC3)c(C3CC3)c2)ccc1SN1CCCCC1. The van der Waals surface area contributed by atoms with Gasteiger partial charge < -0.3 is 10.2 Å². The molecule has 1 N–H and O–H groups in total. The summed E-state index contributed by atoms with van der Waals surface area (Å²) in [5.74, 6) is 1.94. The van der Waals surface area contributed by atoms with Crippen LogP contribution >= 0.6 is 36.8 Å². The number of anilines is 1. The predicted octanol–water partition coefficient (Wildman–Crippen LogP) is 5.37. The third-order valence-corrected chi connectivity index (χ3v) is 7.17. The van der Waals surface area contributed by atoms with E-state index < -0.39 is 0 Å². The average molecular weight is 468 g/mol. The second-order valence-electron chi connectivity index (χ2n) is 8.25. The summed E-state index contributed by atoms with van der Waals surface area (Å²) >= 11 is 1.91. The number of rotatable bonds is 5. The third-order valence-electron chi connectivity index (χ3n) is 6.07. The van der Waals surface area contributed by atoms with E-state index >= 15 is 0 Å². The van der Waals surface area contributed by atoms with Crippen LogP contribution in [0.25, 0.3) is 11.1 Å². The highest BCUT2D eigenvalue weighted by Crippen LogP contribution is 2.45. The molecule has 1 aromatic carbocycles. The van der Waals surface area contributed by atoms with Gasteiger partial charge in [0.05, 0.1) is 0 Å². The van der Waals surface area contributed by atoms with Crippen molar-refractivity contribution in [1.82, 2.24) is 14.6 Å². The van der Waals surface area contributed by atoms with Gasteiger partial charge in [0.2, 0.25) is 0 Å². The number of piperazine rings is 1. The van der Waals surface area contributed by atoms with Crippen molar-refractivity contribution in [2.45, 2.75) is 42.9 Å². The number of hydrogen-bond acceptors (Lipinski definition) is 5. The second kappa shape index (κ2) is 11.1. The summed E-state index contributed by atoms with van der Waals surface area (Å²) in [6.45, 7) is 6.68. The lowest BCUT2D eigenvalue weighted by atomic mass is 10.0. The average Bonchev–Trinajstić information content (AvgIpc) is 3.61. The van der Waals surface area contributed by atoms with Gasteiger partial charge in [0.15, 0.2) is 0 Å². The van der Waals surface area contributed by atoms with E-state index in [1.807, 2.05) is 11.9 Å². The van der Waals surface area contributed by atoms with Crippen LogP contribution in [0.2, 0.25) is 0 Å². The topological polar surface area (TPSA) is 31.4 Å². The molecule has 1 aromatic heterocycles. The third kappa shape index (κ3) is 5.63. The number of halogens is 2. The molecule has 3 aliphatic rings. The number of hydrogen-bond donors (Lipinski definition) is 1. The number of pyridine rings is 1. The Morgan fingerprint density at radius 1 is 0.867 bits per heavy atom. The number of benzene rings is 1. The van der Waals surface area contributed by atoms with Crippen molar-refractivity contribution in [1.29, 1.82) is 0 Å². The molecule has 0 radical (unpaired) electrons. The number of piperidine rings is 1. The van der Waals surface area contributed by atoms with Crippen molar-refractivity contribution in [3.05, 3.63) is 42.1 Å². The van der Waals surface area contributed by atoms with E-state index in [9.17, 15) is 0 Å². The number of nitrogens with one attached hydrogen (secondary N) is 1. The fourth-order valence-corrected chi connectivity index (χ4v) is 5.28. The van der Waals surface area contributed by atoms with E-state index in [1.165, 1.54) is 72.6 Å². The smallest absolute Gasteiger partial charge is 0.132 e. The van der Waals surface area contributed by atoms with Crippen molar-refractivity contribution in [3.63, 3.8) is 0 Å². The second-order valence-corrected chi connectivity index (χ2v) is 9.42. The van der Waals surface area contributed by atoms with Crippen LogP contribution < -0.4 is 10.2 Å². The minimum atomic E-state index is 0. The van der Waals surface area contributed by atoms with Crippen molar-refractivity contribution in [2.75, 3.05) is 44.2 Å². The van der Waals surface area contributed by atoms with Gasteiger partial charge in [-0.2, -0.15) is 0 Å². The van der Waals surface area contributed by atoms with Crippen molar-refractivity contribution < 1.29 is 0 Å². The molecule has 0 amide bonds. The molecule has 3 heterocycles. The van der Waals surface area contributed by atoms with E-state index in [-0.39, 0.29) is 24.8 Å². The molecule has 2 aliphatic heterocycles. The molecule has 1 saturated carbocycles.